The van der Waals surface area contributed by atoms with Crippen LogP contribution in [-0.2, 0) is 0 Å². The summed E-state index contributed by atoms with van der Waals surface area (Å²) in [6, 6.07) is 5.94. The first kappa shape index (κ1) is 18.3. The Bertz CT molecular complexity index is 658. The first-order valence-electron chi connectivity index (χ1n) is 8.70. The summed E-state index contributed by atoms with van der Waals surface area (Å²) in [4.78, 5) is 14.3. The molecule has 1 heterocycles. The maximum atomic E-state index is 12.5. The number of aromatic nitrogens is 2. The first-order valence-corrected chi connectivity index (χ1v) is 8.70. The number of carbonyl (C=O) groups is 1. The lowest BCUT2D eigenvalue weighted by Gasteiger charge is -2.22. The van der Waals surface area contributed by atoms with E-state index >= 15 is 0 Å². The fourth-order valence-corrected chi connectivity index (χ4v) is 2.52. The van der Waals surface area contributed by atoms with Crippen LogP contribution in [0.3, 0.4) is 0 Å². The van der Waals surface area contributed by atoms with Crippen molar-refractivity contribution in [3.63, 3.8) is 0 Å². The van der Waals surface area contributed by atoms with Gasteiger partial charge in [-0.15, -0.1) is 0 Å². The highest BCUT2D eigenvalue weighted by Gasteiger charge is 2.13. The smallest absolute Gasteiger partial charge is 0.321 e. The predicted octanol–water partition coefficient (Wildman–Crippen LogP) is 3.63. The molecule has 2 aromatic rings. The summed E-state index contributed by atoms with van der Waals surface area (Å²) in [6.07, 6.45) is 4.58. The average molecular weight is 332 g/mol. The number of rotatable bonds is 8. The van der Waals surface area contributed by atoms with E-state index in [2.05, 4.69) is 31.2 Å². The van der Waals surface area contributed by atoms with Crippen molar-refractivity contribution in [3.8, 4) is 0 Å². The number of anilines is 1. The maximum absolute atomic E-state index is 12.5. The van der Waals surface area contributed by atoms with E-state index in [0.29, 0.717) is 25.6 Å². The minimum Gasteiger partial charge on any atom is -0.396 e. The van der Waals surface area contributed by atoms with Gasteiger partial charge in [-0.3, -0.25) is 4.68 Å². The number of urea groups is 1. The van der Waals surface area contributed by atoms with Crippen molar-refractivity contribution in [2.75, 3.05) is 25.0 Å². The fraction of sp³-hybridized carbons (Fsp3) is 0.556. The van der Waals surface area contributed by atoms with Crippen LogP contribution in [0, 0.1) is 0 Å². The lowest BCUT2D eigenvalue weighted by molar-refractivity contribution is 0.201. The second kappa shape index (κ2) is 8.68. The number of carbonyl (C=O) groups excluding carboxylic acids is 1. The number of aliphatic hydroxyl groups excluding tert-OH is 1. The normalized spacial score (nSPS) is 11.2. The predicted molar refractivity (Wildman–Crippen MR) is 97.3 cm³/mol. The Balaban J connectivity index is 2.09. The third-order valence-electron chi connectivity index (χ3n) is 3.96. The maximum Gasteiger partial charge on any atom is 0.321 e. The van der Waals surface area contributed by atoms with Crippen LogP contribution in [0.4, 0.5) is 10.5 Å². The van der Waals surface area contributed by atoms with Gasteiger partial charge >= 0.3 is 6.03 Å². The van der Waals surface area contributed by atoms with E-state index in [1.165, 1.54) is 0 Å². The number of nitrogens with one attached hydrogen (secondary N) is 1. The zero-order valence-electron chi connectivity index (χ0n) is 14.8. The molecule has 0 aliphatic carbocycles. The van der Waals surface area contributed by atoms with E-state index < -0.39 is 0 Å². The number of amides is 2. The number of aliphatic hydroxyl groups is 1. The quantitative estimate of drug-likeness (QED) is 0.775. The molecule has 0 spiro atoms. The highest BCUT2D eigenvalue weighted by atomic mass is 16.3. The minimum absolute atomic E-state index is 0.0935. The van der Waals surface area contributed by atoms with Gasteiger partial charge in [-0.1, -0.05) is 13.3 Å². The van der Waals surface area contributed by atoms with E-state index in [9.17, 15) is 4.79 Å². The van der Waals surface area contributed by atoms with Crippen LogP contribution in [0.25, 0.3) is 10.9 Å². The van der Waals surface area contributed by atoms with Crippen LogP contribution in [0.1, 0.15) is 46.1 Å². The fourth-order valence-electron chi connectivity index (χ4n) is 2.52. The molecule has 0 aliphatic rings. The van der Waals surface area contributed by atoms with E-state index in [1.807, 2.05) is 29.1 Å². The number of hydrogen-bond donors (Lipinski definition) is 2. The number of fused-ring (bicyclic) bond motifs is 1. The highest BCUT2D eigenvalue weighted by molar-refractivity contribution is 5.92. The topological polar surface area (TPSA) is 70.4 Å². The Morgan fingerprint density at radius 1 is 1.33 bits per heavy atom. The number of hydrogen-bond acceptors (Lipinski definition) is 3. The highest BCUT2D eigenvalue weighted by Crippen LogP contribution is 2.20. The van der Waals surface area contributed by atoms with Gasteiger partial charge < -0.3 is 15.3 Å². The average Bonchev–Trinajstić information content (AvgIpc) is 2.98. The molecule has 6 nitrogen and oxygen atoms in total. The first-order chi connectivity index (χ1) is 11.5. The van der Waals surface area contributed by atoms with Gasteiger partial charge in [-0.25, -0.2) is 4.79 Å². The van der Waals surface area contributed by atoms with E-state index in [-0.39, 0.29) is 12.6 Å². The van der Waals surface area contributed by atoms with Crippen LogP contribution in [0.15, 0.2) is 24.4 Å². The number of benzene rings is 1. The van der Waals surface area contributed by atoms with Crippen molar-refractivity contribution in [3.05, 3.63) is 24.4 Å². The van der Waals surface area contributed by atoms with Crippen molar-refractivity contribution in [1.82, 2.24) is 14.7 Å². The standard InChI is InChI=1S/C18H28N4O2/c1-4-5-9-21(10-6-11-23)18(24)19-16-7-8-17-15(12-16)13-22(20-17)14(2)3/h7-8,12-14,23H,4-6,9-11H2,1-3H3,(H,19,24). The summed E-state index contributed by atoms with van der Waals surface area (Å²) in [5.41, 5.74) is 1.69. The molecular weight excluding hydrogens is 304 g/mol. The molecule has 0 saturated carbocycles. The van der Waals surface area contributed by atoms with Crippen LogP contribution in [-0.4, -0.2) is 45.5 Å². The third kappa shape index (κ3) is 4.71. The second-order valence-corrected chi connectivity index (χ2v) is 6.32. The van der Waals surface area contributed by atoms with Crippen LogP contribution in [0.2, 0.25) is 0 Å². The number of nitrogens with zero attached hydrogens (tertiary/aromatic N) is 3. The van der Waals surface area contributed by atoms with Crippen LogP contribution in [0.5, 0.6) is 0 Å². The lowest BCUT2D eigenvalue weighted by atomic mass is 10.2. The molecule has 2 N–H and O–H groups in total. The molecule has 132 valence electrons. The van der Waals surface area contributed by atoms with Gasteiger partial charge in [0.15, 0.2) is 0 Å². The van der Waals surface area contributed by atoms with Gasteiger partial charge in [0.05, 0.1) is 5.52 Å². The SMILES string of the molecule is CCCCN(CCCO)C(=O)Nc1ccc2nn(C(C)C)cc2c1. The van der Waals surface area contributed by atoms with Crippen molar-refractivity contribution in [2.24, 2.45) is 0 Å². The van der Waals surface area contributed by atoms with Crippen molar-refractivity contribution >= 4 is 22.6 Å². The molecule has 1 aromatic carbocycles. The zero-order valence-corrected chi connectivity index (χ0v) is 14.8. The minimum atomic E-state index is -0.118. The van der Waals surface area contributed by atoms with Gasteiger partial charge in [-0.2, -0.15) is 5.10 Å². The summed E-state index contributed by atoms with van der Waals surface area (Å²) in [6.45, 7) is 7.63. The summed E-state index contributed by atoms with van der Waals surface area (Å²) in [5, 5.41) is 17.5. The summed E-state index contributed by atoms with van der Waals surface area (Å²) in [5.74, 6) is 0. The Hall–Kier alpha value is -2.08. The summed E-state index contributed by atoms with van der Waals surface area (Å²) < 4.78 is 1.92. The molecule has 0 fully saturated rings. The summed E-state index contributed by atoms with van der Waals surface area (Å²) >= 11 is 0. The molecule has 0 unspecified atom stereocenters. The molecule has 6 heteroatoms. The van der Waals surface area contributed by atoms with Crippen LogP contribution >= 0.6 is 0 Å². The molecule has 0 bridgehead atoms. The van der Waals surface area contributed by atoms with E-state index in [4.69, 9.17) is 5.11 Å². The van der Waals surface area contributed by atoms with Gasteiger partial charge in [0.2, 0.25) is 0 Å². The van der Waals surface area contributed by atoms with E-state index in [0.717, 1.165) is 29.4 Å². The Morgan fingerprint density at radius 3 is 2.75 bits per heavy atom. The molecule has 2 rings (SSSR count). The Labute approximate surface area is 143 Å². The van der Waals surface area contributed by atoms with Crippen molar-refractivity contribution in [1.29, 1.82) is 0 Å². The van der Waals surface area contributed by atoms with Gasteiger partial charge in [-0.05, 0) is 44.9 Å². The molecule has 0 aliphatic heterocycles. The van der Waals surface area contributed by atoms with Gasteiger partial charge in [0.25, 0.3) is 0 Å². The number of unbranched alkanes of at least 4 members (excludes halogenated alkanes) is 1. The van der Waals surface area contributed by atoms with Crippen molar-refractivity contribution in [2.45, 2.75) is 46.1 Å². The van der Waals surface area contributed by atoms with Gasteiger partial charge in [0, 0.05) is 43.0 Å². The summed E-state index contributed by atoms with van der Waals surface area (Å²) in [7, 11) is 0. The lowest BCUT2D eigenvalue weighted by Crippen LogP contribution is -2.36. The van der Waals surface area contributed by atoms with E-state index in [1.54, 1.807) is 4.90 Å². The molecule has 24 heavy (non-hydrogen) atoms. The molecule has 0 atom stereocenters. The van der Waals surface area contributed by atoms with Crippen LogP contribution < -0.4 is 5.32 Å². The second-order valence-electron chi connectivity index (χ2n) is 6.32. The van der Waals surface area contributed by atoms with Gasteiger partial charge in [0.1, 0.15) is 0 Å². The molecule has 0 saturated heterocycles. The zero-order chi connectivity index (χ0) is 17.5. The Kier molecular flexibility index (Phi) is 6.61. The molecule has 1 aromatic heterocycles. The molecule has 2 amide bonds. The molecular formula is C18H28N4O2. The Morgan fingerprint density at radius 2 is 2.08 bits per heavy atom. The third-order valence-corrected chi connectivity index (χ3v) is 3.96. The van der Waals surface area contributed by atoms with Crippen molar-refractivity contribution < 1.29 is 9.90 Å². The monoisotopic (exact) mass is 332 g/mol. The largest absolute Gasteiger partial charge is 0.396 e. The molecule has 0 radical (unpaired) electrons.